The molecular weight excluding hydrogens is 474 g/mol. The highest BCUT2D eigenvalue weighted by molar-refractivity contribution is 7.99. The highest BCUT2D eigenvalue weighted by atomic mass is 35.5. The zero-order valence-electron chi connectivity index (χ0n) is 17.6. The second kappa shape index (κ2) is 13.1. The van der Waals surface area contributed by atoms with Crippen LogP contribution in [0.15, 0.2) is 0 Å². The first-order valence-electron chi connectivity index (χ1n) is 10.5. The number of thioether (sulfide) groups is 2. The van der Waals surface area contributed by atoms with Gasteiger partial charge < -0.3 is 30.7 Å². The predicted molar refractivity (Wildman–Crippen MR) is 120 cm³/mol. The topological polar surface area (TPSA) is 111 Å². The summed E-state index contributed by atoms with van der Waals surface area (Å²) in [6, 6.07) is -1.25. The van der Waals surface area contributed by atoms with Crippen molar-refractivity contribution in [1.29, 1.82) is 0 Å². The summed E-state index contributed by atoms with van der Waals surface area (Å²) in [5.41, 5.74) is -0.762. The van der Waals surface area contributed by atoms with E-state index in [9.17, 15) is 28.9 Å². The van der Waals surface area contributed by atoms with Crippen molar-refractivity contribution in [1.82, 2.24) is 10.6 Å². The molecule has 9 atom stereocenters. The van der Waals surface area contributed by atoms with Crippen LogP contribution in [0.2, 0.25) is 0 Å². The Bertz CT molecular complexity index is 567. The molecule has 31 heavy (non-hydrogen) atoms. The van der Waals surface area contributed by atoms with E-state index in [4.69, 9.17) is 16.3 Å². The first kappa shape index (κ1) is 27.4. The van der Waals surface area contributed by atoms with E-state index in [-0.39, 0.29) is 11.8 Å². The lowest BCUT2D eigenvalue weighted by molar-refractivity contribution is -0.205. The molecule has 0 aromatic rings. The average molecular weight is 507 g/mol. The molecule has 0 bridgehead atoms. The minimum Gasteiger partial charge on any atom is -0.388 e. The van der Waals surface area contributed by atoms with Crippen molar-refractivity contribution in [3.8, 4) is 0 Å². The minimum absolute atomic E-state index is 0.261. The summed E-state index contributed by atoms with van der Waals surface area (Å²) in [7, 11) is 0. The zero-order chi connectivity index (χ0) is 23.1. The van der Waals surface area contributed by atoms with Crippen LogP contribution in [-0.2, 0) is 9.53 Å². The zero-order valence-corrected chi connectivity index (χ0v) is 20.0. The van der Waals surface area contributed by atoms with Crippen molar-refractivity contribution in [3.05, 3.63) is 0 Å². The van der Waals surface area contributed by atoms with E-state index in [1.165, 1.54) is 11.8 Å². The van der Waals surface area contributed by atoms with E-state index in [0.717, 1.165) is 12.8 Å². The van der Waals surface area contributed by atoms with Gasteiger partial charge in [-0.05, 0) is 57.1 Å². The van der Waals surface area contributed by atoms with Crippen LogP contribution in [0.1, 0.15) is 32.6 Å². The van der Waals surface area contributed by atoms with Crippen molar-refractivity contribution < 1.29 is 33.6 Å². The molecule has 0 aromatic carbocycles. The summed E-state index contributed by atoms with van der Waals surface area (Å²) in [4.78, 5) is 12.9. The van der Waals surface area contributed by atoms with Gasteiger partial charge in [-0.25, -0.2) is 0 Å². The van der Waals surface area contributed by atoms with E-state index >= 15 is 0 Å². The number of hydrogen-bond acceptors (Lipinski definition) is 8. The van der Waals surface area contributed by atoms with E-state index in [1.54, 1.807) is 13.2 Å². The molecular formula is C19H33ClF2N2O5S2. The summed E-state index contributed by atoms with van der Waals surface area (Å²) >= 11 is 8.13. The maximum atomic E-state index is 12.9. The van der Waals surface area contributed by atoms with Gasteiger partial charge in [0.25, 0.3) is 5.76 Å². The molecule has 2 saturated heterocycles. The van der Waals surface area contributed by atoms with Crippen molar-refractivity contribution in [3.63, 3.8) is 0 Å². The monoisotopic (exact) mass is 506 g/mol. The average Bonchev–Trinajstić information content (AvgIpc) is 2.74. The number of carbonyl (C=O) groups is 1. The molecule has 0 radical (unpaired) electrons. The van der Waals surface area contributed by atoms with Gasteiger partial charge in [-0.3, -0.25) is 4.79 Å². The molecule has 0 spiro atoms. The largest absolute Gasteiger partial charge is 0.388 e. The number of aliphatic hydroxyl groups is 3. The number of amides is 1. The maximum absolute atomic E-state index is 12.9. The molecule has 2 heterocycles. The highest BCUT2D eigenvalue weighted by Gasteiger charge is 2.48. The van der Waals surface area contributed by atoms with Crippen molar-refractivity contribution in [2.24, 2.45) is 5.92 Å². The number of hydrogen-bond donors (Lipinski definition) is 5. The van der Waals surface area contributed by atoms with Gasteiger partial charge in [-0.1, -0.05) is 11.8 Å². The van der Waals surface area contributed by atoms with Crippen molar-refractivity contribution in [2.45, 2.75) is 85.7 Å². The van der Waals surface area contributed by atoms with E-state index in [2.05, 4.69) is 10.6 Å². The first-order chi connectivity index (χ1) is 14.6. The van der Waals surface area contributed by atoms with Gasteiger partial charge in [0.15, 0.2) is 0 Å². The number of nitrogens with one attached hydrogen (secondary N) is 2. The number of alkyl halides is 3. The van der Waals surface area contributed by atoms with Crippen molar-refractivity contribution >= 4 is 41.0 Å². The summed E-state index contributed by atoms with van der Waals surface area (Å²) in [6.07, 6.45) is -0.458. The Hall–Kier alpha value is 0.120. The van der Waals surface area contributed by atoms with Crippen LogP contribution in [0, 0.1) is 5.92 Å². The van der Waals surface area contributed by atoms with E-state index in [0.29, 0.717) is 36.9 Å². The van der Waals surface area contributed by atoms with Crippen molar-refractivity contribution in [2.75, 3.05) is 18.6 Å². The lowest BCUT2D eigenvalue weighted by atomic mass is 9.88. The second-order valence-electron chi connectivity index (χ2n) is 8.06. The molecule has 7 nitrogen and oxygen atoms in total. The fourth-order valence-corrected chi connectivity index (χ4v) is 5.49. The molecule has 2 rings (SSSR count). The lowest BCUT2D eigenvalue weighted by Gasteiger charge is -2.44. The van der Waals surface area contributed by atoms with E-state index < -0.39 is 53.1 Å². The molecule has 12 heteroatoms. The summed E-state index contributed by atoms with van der Waals surface area (Å²) in [6.45, 7) is 2.31. The van der Waals surface area contributed by atoms with Crippen LogP contribution < -0.4 is 10.6 Å². The normalized spacial score (nSPS) is 36.2. The summed E-state index contributed by atoms with van der Waals surface area (Å²) in [5, 5.41) is 36.1. The maximum Gasteiger partial charge on any atom is 0.284 e. The Balaban J connectivity index is 1.95. The van der Waals surface area contributed by atoms with Gasteiger partial charge in [-0.15, -0.1) is 23.4 Å². The Kier molecular flexibility index (Phi) is 11.6. The number of halogens is 3. The lowest BCUT2D eigenvalue weighted by Crippen LogP contribution is -2.65. The molecule has 2 aliphatic rings. The first-order valence-corrected chi connectivity index (χ1v) is 13.2. The summed E-state index contributed by atoms with van der Waals surface area (Å²) < 4.78 is 30.3. The Labute approximate surface area is 195 Å². The Morgan fingerprint density at radius 2 is 2.00 bits per heavy atom. The number of ether oxygens (including phenoxy) is 1. The van der Waals surface area contributed by atoms with Gasteiger partial charge >= 0.3 is 0 Å². The van der Waals surface area contributed by atoms with Crippen LogP contribution in [0.5, 0.6) is 0 Å². The third kappa shape index (κ3) is 7.84. The molecule has 2 fully saturated rings. The van der Waals surface area contributed by atoms with Crippen LogP contribution in [0.25, 0.3) is 0 Å². The molecule has 5 N–H and O–H groups in total. The quantitative estimate of drug-likeness (QED) is 0.223. The summed E-state index contributed by atoms with van der Waals surface area (Å²) in [5.74, 6) is -1.99. The third-order valence-electron chi connectivity index (χ3n) is 5.83. The van der Waals surface area contributed by atoms with E-state index in [1.807, 2.05) is 0 Å². The molecule has 0 aromatic heterocycles. The SMILES string of the molecule is CSC1OC(C(NC(=O)C2CC(CCCSC(F)F)CCN2)C(C)Cl)C(O)C(O)C1O. The van der Waals surface area contributed by atoms with Crippen LogP contribution >= 0.6 is 35.1 Å². The van der Waals surface area contributed by atoms with Gasteiger partial charge in [0, 0.05) is 0 Å². The van der Waals surface area contributed by atoms with Gasteiger partial charge in [-0.2, -0.15) is 8.78 Å². The standard InChI is InChI=1S/C19H33ClF2N2O5S2/c1-9(20)12(16-14(26)13(25)15(27)18(29-16)30-2)24-17(28)11-8-10(5-6-23-11)4-3-7-31-19(21)22/h9-16,18-19,23,25-27H,3-8H2,1-2H3,(H,24,28). The molecule has 2 aliphatic heterocycles. The smallest absolute Gasteiger partial charge is 0.284 e. The predicted octanol–water partition coefficient (Wildman–Crippen LogP) is 1.37. The third-order valence-corrected chi connectivity index (χ3v) is 7.73. The number of carbonyl (C=O) groups excluding carboxylic acids is 1. The number of aliphatic hydroxyl groups excluding tert-OH is 3. The molecule has 182 valence electrons. The Morgan fingerprint density at radius 1 is 1.29 bits per heavy atom. The second-order valence-corrected chi connectivity index (χ2v) is 10.8. The molecule has 0 saturated carbocycles. The fraction of sp³-hybridized carbons (Fsp3) is 0.947. The van der Waals surface area contributed by atoms with Gasteiger partial charge in [0.2, 0.25) is 5.91 Å². The number of rotatable bonds is 10. The molecule has 1 amide bonds. The number of piperidine rings is 1. The van der Waals surface area contributed by atoms with Gasteiger partial charge in [0.1, 0.15) is 29.9 Å². The van der Waals surface area contributed by atoms with Crippen LogP contribution in [-0.4, -0.2) is 92.9 Å². The minimum atomic E-state index is -2.36. The van der Waals surface area contributed by atoms with Gasteiger partial charge in [0.05, 0.1) is 17.5 Å². The fourth-order valence-electron chi connectivity index (χ4n) is 4.09. The van der Waals surface area contributed by atoms with Crippen LogP contribution in [0.4, 0.5) is 8.78 Å². The molecule has 0 aliphatic carbocycles. The van der Waals surface area contributed by atoms with Crippen LogP contribution in [0.3, 0.4) is 0 Å². The highest BCUT2D eigenvalue weighted by Crippen LogP contribution is 2.30. The Morgan fingerprint density at radius 3 is 2.61 bits per heavy atom. The molecule has 9 unspecified atom stereocenters.